The minimum Gasteiger partial charge on any atom is -0.451 e. The Morgan fingerprint density at radius 1 is 1.12 bits per heavy atom. The number of hydrogen-bond acceptors (Lipinski definition) is 6. The first-order valence-electron chi connectivity index (χ1n) is 13.3. The van der Waals surface area contributed by atoms with Crippen LogP contribution in [0.1, 0.15) is 65.9 Å². The van der Waals surface area contributed by atoms with E-state index >= 15 is 0 Å². The van der Waals surface area contributed by atoms with Crippen molar-refractivity contribution in [2.24, 2.45) is 0 Å². The largest absolute Gasteiger partial charge is 0.451 e. The number of aromatic nitrogens is 2. The fourth-order valence-corrected chi connectivity index (χ4v) is 6.21. The lowest BCUT2D eigenvalue weighted by atomic mass is 9.82. The smallest absolute Gasteiger partial charge is 0.307 e. The summed E-state index contributed by atoms with van der Waals surface area (Å²) in [7, 11) is 0. The van der Waals surface area contributed by atoms with E-state index < -0.39 is 34.7 Å². The normalized spacial score (nSPS) is 22.4. The van der Waals surface area contributed by atoms with Gasteiger partial charge in [0.2, 0.25) is 5.91 Å². The Hall–Kier alpha value is -4.05. The van der Waals surface area contributed by atoms with Crippen molar-refractivity contribution in [2.45, 2.75) is 77.1 Å². The average molecular weight is 549 g/mol. The van der Waals surface area contributed by atoms with Crippen molar-refractivity contribution in [1.29, 1.82) is 0 Å². The van der Waals surface area contributed by atoms with Crippen molar-refractivity contribution >= 4 is 11.8 Å². The number of hydrogen-bond donors (Lipinski definition) is 3. The third kappa shape index (κ3) is 4.77. The molecule has 3 N–H and O–H groups in total. The third-order valence-corrected chi connectivity index (χ3v) is 8.05. The van der Waals surface area contributed by atoms with Gasteiger partial charge in [-0.1, -0.05) is 6.07 Å². The molecule has 2 amide bonds. The molecule has 10 heteroatoms. The Morgan fingerprint density at radius 3 is 2.55 bits per heavy atom. The summed E-state index contributed by atoms with van der Waals surface area (Å²) in [6, 6.07) is 9.59. The molecule has 0 spiro atoms. The minimum absolute atomic E-state index is 0.0905. The molecule has 2 aliphatic heterocycles. The Balaban J connectivity index is 1.41. The van der Waals surface area contributed by atoms with Crippen molar-refractivity contribution < 1.29 is 23.8 Å². The summed E-state index contributed by atoms with van der Waals surface area (Å²) in [6.07, 6.45) is 1.49. The standard InChI is InChI=1S/C30H33FN4O5/c1-16-13-20(31)7-8-21(16)30-11-10-25(29(4,5)39)35(30)28(38)22(15-30)32-26(36)19-6-9-23(17(2)12-19)40-24-14-18(3)33-34-27(24)37/h6-9,12-14,22,25,39H,10-11,15H2,1-5H3,(H,32,36)(H,34,37)/t22-,25+,30+/m0/s1. The van der Waals surface area contributed by atoms with Crippen molar-refractivity contribution in [1.82, 2.24) is 20.4 Å². The maximum atomic E-state index is 14.0. The first-order chi connectivity index (χ1) is 18.8. The monoisotopic (exact) mass is 548 g/mol. The zero-order valence-corrected chi connectivity index (χ0v) is 23.2. The second-order valence-corrected chi connectivity index (χ2v) is 11.4. The molecule has 40 heavy (non-hydrogen) atoms. The van der Waals surface area contributed by atoms with Crippen LogP contribution in [0.4, 0.5) is 4.39 Å². The van der Waals surface area contributed by atoms with Gasteiger partial charge in [0, 0.05) is 18.1 Å². The van der Waals surface area contributed by atoms with E-state index in [2.05, 4.69) is 15.5 Å². The van der Waals surface area contributed by atoms with Crippen LogP contribution < -0.4 is 15.6 Å². The summed E-state index contributed by atoms with van der Waals surface area (Å²) in [5, 5.41) is 20.0. The molecular weight excluding hydrogens is 515 g/mol. The van der Waals surface area contributed by atoms with E-state index in [4.69, 9.17) is 4.74 Å². The van der Waals surface area contributed by atoms with Gasteiger partial charge in [-0.3, -0.25) is 14.4 Å². The maximum absolute atomic E-state index is 14.0. The highest BCUT2D eigenvalue weighted by Gasteiger charge is 2.61. The van der Waals surface area contributed by atoms with Gasteiger partial charge < -0.3 is 20.1 Å². The number of fused-ring (bicyclic) bond motifs is 1. The number of aromatic amines is 1. The number of aryl methyl sites for hydroxylation is 3. The summed E-state index contributed by atoms with van der Waals surface area (Å²) < 4.78 is 19.7. The number of rotatable bonds is 6. The van der Waals surface area contributed by atoms with Crippen LogP contribution in [0, 0.1) is 26.6 Å². The minimum atomic E-state index is -1.16. The summed E-state index contributed by atoms with van der Waals surface area (Å²) in [5.41, 5.74) is 0.691. The van der Waals surface area contributed by atoms with E-state index in [1.54, 1.807) is 56.9 Å². The number of aliphatic hydroxyl groups is 1. The Labute approximate surface area is 231 Å². The zero-order chi connectivity index (χ0) is 29.0. The van der Waals surface area contributed by atoms with Gasteiger partial charge in [-0.25, -0.2) is 9.49 Å². The van der Waals surface area contributed by atoms with Crippen LogP contribution in [0.3, 0.4) is 0 Å². The van der Waals surface area contributed by atoms with Gasteiger partial charge in [0.05, 0.1) is 22.9 Å². The van der Waals surface area contributed by atoms with Crippen molar-refractivity contribution in [3.8, 4) is 11.5 Å². The summed E-state index contributed by atoms with van der Waals surface area (Å²) >= 11 is 0. The van der Waals surface area contributed by atoms with Crippen molar-refractivity contribution in [2.75, 3.05) is 0 Å². The summed E-state index contributed by atoms with van der Waals surface area (Å²) in [5.74, 6) is -0.568. The van der Waals surface area contributed by atoms with Crippen LogP contribution in [-0.4, -0.2) is 49.7 Å². The third-order valence-electron chi connectivity index (χ3n) is 8.05. The fourth-order valence-electron chi connectivity index (χ4n) is 6.21. The van der Waals surface area contributed by atoms with Gasteiger partial charge in [-0.2, -0.15) is 5.10 Å². The number of carbonyl (C=O) groups is 2. The van der Waals surface area contributed by atoms with Gasteiger partial charge >= 0.3 is 5.56 Å². The molecule has 0 saturated carbocycles. The molecule has 9 nitrogen and oxygen atoms in total. The molecule has 0 bridgehead atoms. The highest BCUT2D eigenvalue weighted by molar-refractivity contribution is 5.99. The number of amides is 2. The number of nitrogens with one attached hydrogen (secondary N) is 2. The average Bonchev–Trinajstić information content (AvgIpc) is 3.38. The summed E-state index contributed by atoms with van der Waals surface area (Å²) in [4.78, 5) is 40.9. The first kappa shape index (κ1) is 27.5. The molecular formula is C30H33FN4O5. The Kier molecular flexibility index (Phi) is 6.78. The van der Waals surface area contributed by atoms with Crippen LogP contribution >= 0.6 is 0 Å². The topological polar surface area (TPSA) is 125 Å². The lowest BCUT2D eigenvalue weighted by molar-refractivity contribution is -0.138. The number of H-pyrrole nitrogens is 1. The molecule has 3 atom stereocenters. The predicted octanol–water partition coefficient (Wildman–Crippen LogP) is 3.79. The number of ether oxygens (including phenoxy) is 1. The molecule has 2 aliphatic rings. The fraction of sp³-hybridized carbons (Fsp3) is 0.400. The molecule has 3 heterocycles. The number of nitrogens with zero attached hydrogens (tertiary/aromatic N) is 2. The van der Waals surface area contributed by atoms with Crippen molar-refractivity contribution in [3.05, 3.63) is 86.6 Å². The van der Waals surface area contributed by atoms with E-state index in [0.29, 0.717) is 41.8 Å². The molecule has 0 radical (unpaired) electrons. The second kappa shape index (κ2) is 9.85. The molecule has 1 aromatic heterocycles. The van der Waals surface area contributed by atoms with Crippen molar-refractivity contribution in [3.63, 3.8) is 0 Å². The Bertz CT molecular complexity index is 1560. The number of carbonyl (C=O) groups excluding carboxylic acids is 2. The molecule has 2 saturated heterocycles. The molecule has 2 fully saturated rings. The van der Waals surface area contributed by atoms with Crippen LogP contribution in [0.2, 0.25) is 0 Å². The van der Waals surface area contributed by atoms with Crippen LogP contribution in [0.25, 0.3) is 0 Å². The molecule has 5 rings (SSSR count). The molecule has 2 aromatic carbocycles. The second-order valence-electron chi connectivity index (χ2n) is 11.4. The van der Waals surface area contributed by atoms with Crippen LogP contribution in [0.5, 0.6) is 11.5 Å². The maximum Gasteiger partial charge on any atom is 0.307 e. The van der Waals surface area contributed by atoms with Crippen LogP contribution in [-0.2, 0) is 10.3 Å². The predicted molar refractivity (Wildman–Crippen MR) is 146 cm³/mol. The van der Waals surface area contributed by atoms with Gasteiger partial charge in [-0.15, -0.1) is 0 Å². The van der Waals surface area contributed by atoms with Gasteiger partial charge in [0.1, 0.15) is 17.6 Å². The molecule has 210 valence electrons. The molecule has 0 aliphatic carbocycles. The van der Waals surface area contributed by atoms with E-state index in [1.807, 2.05) is 6.92 Å². The van der Waals surface area contributed by atoms with Gasteiger partial charge in [-0.05, 0) is 94.5 Å². The van der Waals surface area contributed by atoms with E-state index in [-0.39, 0.29) is 17.5 Å². The highest BCUT2D eigenvalue weighted by Crippen LogP contribution is 2.53. The lowest BCUT2D eigenvalue weighted by Gasteiger charge is -2.40. The highest BCUT2D eigenvalue weighted by atomic mass is 19.1. The van der Waals surface area contributed by atoms with Gasteiger partial charge in [0.15, 0.2) is 5.75 Å². The van der Waals surface area contributed by atoms with E-state index in [0.717, 1.165) is 11.1 Å². The Morgan fingerprint density at radius 2 is 1.88 bits per heavy atom. The first-order valence-corrected chi connectivity index (χ1v) is 13.3. The summed E-state index contributed by atoms with van der Waals surface area (Å²) in [6.45, 7) is 8.65. The molecule has 3 aromatic rings. The van der Waals surface area contributed by atoms with Gasteiger partial charge in [0.25, 0.3) is 5.91 Å². The SMILES string of the molecule is Cc1cc(Oc2ccc(C(=O)N[C@H]3C[C@@]4(c5ccc(F)cc5C)CC[C@H](C(C)(C)O)N4C3=O)cc2C)c(=O)[nH]n1. The zero-order valence-electron chi connectivity index (χ0n) is 23.2. The van der Waals surface area contributed by atoms with E-state index in [1.165, 1.54) is 18.2 Å². The van der Waals surface area contributed by atoms with Crippen LogP contribution in [0.15, 0.2) is 47.3 Å². The quantitative estimate of drug-likeness (QED) is 0.431. The molecule has 0 unspecified atom stereocenters. The lowest BCUT2D eigenvalue weighted by Crippen LogP contribution is -2.53. The number of halogens is 1. The number of benzene rings is 2. The van der Waals surface area contributed by atoms with E-state index in [9.17, 15) is 23.9 Å².